The molecule has 2 rings (SSSR count). The quantitative estimate of drug-likeness (QED) is 0.630. The fourth-order valence-electron chi connectivity index (χ4n) is 1.52. The number of nitrogens with one attached hydrogen (secondary N) is 2. The summed E-state index contributed by atoms with van der Waals surface area (Å²) in [6.07, 6.45) is 1.73. The number of benzene rings is 1. The molecule has 1 aromatic carbocycles. The molecule has 0 saturated heterocycles. The topological polar surface area (TPSA) is 59.1 Å². The van der Waals surface area contributed by atoms with Crippen molar-refractivity contribution in [2.45, 2.75) is 13.5 Å². The van der Waals surface area contributed by atoms with Gasteiger partial charge in [-0.1, -0.05) is 29.5 Å². The van der Waals surface area contributed by atoms with Gasteiger partial charge in [0, 0.05) is 6.54 Å². The van der Waals surface area contributed by atoms with E-state index in [0.29, 0.717) is 23.4 Å². The molecular formula is C14H16N4OS2. The van der Waals surface area contributed by atoms with Crippen molar-refractivity contribution in [3.05, 3.63) is 47.5 Å². The Kier molecular flexibility index (Phi) is 5.65. The molecule has 0 atom stereocenters. The third kappa shape index (κ3) is 5.13. The van der Waals surface area contributed by atoms with Crippen molar-refractivity contribution in [1.29, 1.82) is 0 Å². The first kappa shape index (κ1) is 15.4. The lowest BCUT2D eigenvalue weighted by molar-refractivity contribution is 0.304. The van der Waals surface area contributed by atoms with Crippen molar-refractivity contribution in [2.75, 3.05) is 11.9 Å². The maximum absolute atomic E-state index is 5.67. The summed E-state index contributed by atoms with van der Waals surface area (Å²) in [5.41, 5.74) is 1.16. The van der Waals surface area contributed by atoms with E-state index in [0.717, 1.165) is 16.3 Å². The van der Waals surface area contributed by atoms with Crippen LogP contribution in [-0.2, 0) is 6.61 Å². The standard InChI is InChI=1S/C14H16N4OS2/c1-3-7-15-13(20)16-14-18-17-12(21-14)9-19-11-6-4-5-10(2)8-11/h3-6,8H,1,7,9H2,2H3,(H2,15,16,18,20). The van der Waals surface area contributed by atoms with Gasteiger partial charge < -0.3 is 15.4 Å². The molecule has 0 fully saturated rings. The highest BCUT2D eigenvalue weighted by atomic mass is 32.1. The van der Waals surface area contributed by atoms with E-state index in [1.165, 1.54) is 11.3 Å². The van der Waals surface area contributed by atoms with Gasteiger partial charge in [-0.05, 0) is 36.8 Å². The van der Waals surface area contributed by atoms with E-state index in [-0.39, 0.29) is 0 Å². The van der Waals surface area contributed by atoms with Crippen molar-refractivity contribution in [1.82, 2.24) is 15.5 Å². The van der Waals surface area contributed by atoms with Gasteiger partial charge in [-0.15, -0.1) is 16.8 Å². The summed E-state index contributed by atoms with van der Waals surface area (Å²) in [4.78, 5) is 0. The molecule has 0 amide bonds. The summed E-state index contributed by atoms with van der Waals surface area (Å²) in [5, 5.41) is 15.9. The highest BCUT2D eigenvalue weighted by Gasteiger charge is 2.06. The molecule has 0 saturated carbocycles. The Morgan fingerprint density at radius 3 is 3.10 bits per heavy atom. The first-order valence-electron chi connectivity index (χ1n) is 6.35. The number of aryl methyl sites for hydroxylation is 1. The fraction of sp³-hybridized carbons (Fsp3) is 0.214. The van der Waals surface area contributed by atoms with Crippen LogP contribution < -0.4 is 15.4 Å². The van der Waals surface area contributed by atoms with E-state index >= 15 is 0 Å². The van der Waals surface area contributed by atoms with Crippen LogP contribution in [0.2, 0.25) is 0 Å². The Balaban J connectivity index is 1.85. The number of hydrogen-bond donors (Lipinski definition) is 2. The lowest BCUT2D eigenvalue weighted by atomic mass is 10.2. The van der Waals surface area contributed by atoms with E-state index in [2.05, 4.69) is 27.4 Å². The predicted molar refractivity (Wildman–Crippen MR) is 89.8 cm³/mol. The van der Waals surface area contributed by atoms with Crippen LogP contribution in [0.3, 0.4) is 0 Å². The maximum atomic E-state index is 5.67. The largest absolute Gasteiger partial charge is 0.486 e. The van der Waals surface area contributed by atoms with Crippen LogP contribution in [0.25, 0.3) is 0 Å². The first-order valence-corrected chi connectivity index (χ1v) is 7.57. The summed E-state index contributed by atoms with van der Waals surface area (Å²) in [5.74, 6) is 0.822. The van der Waals surface area contributed by atoms with E-state index in [4.69, 9.17) is 17.0 Å². The molecular weight excluding hydrogens is 304 g/mol. The van der Waals surface area contributed by atoms with Gasteiger partial charge in [0.2, 0.25) is 5.13 Å². The van der Waals surface area contributed by atoms with Crippen LogP contribution in [0.1, 0.15) is 10.6 Å². The Bertz CT molecular complexity index is 627. The smallest absolute Gasteiger partial charge is 0.211 e. The summed E-state index contributed by atoms with van der Waals surface area (Å²) in [6.45, 7) is 6.63. The molecule has 2 N–H and O–H groups in total. The van der Waals surface area contributed by atoms with Crippen molar-refractivity contribution in [3.63, 3.8) is 0 Å². The number of anilines is 1. The Labute approximate surface area is 133 Å². The van der Waals surface area contributed by atoms with Crippen LogP contribution in [0.4, 0.5) is 5.13 Å². The molecule has 0 spiro atoms. The van der Waals surface area contributed by atoms with E-state index in [1.807, 2.05) is 31.2 Å². The van der Waals surface area contributed by atoms with Gasteiger partial charge in [-0.3, -0.25) is 0 Å². The second kappa shape index (κ2) is 7.70. The molecule has 0 unspecified atom stereocenters. The van der Waals surface area contributed by atoms with Crippen LogP contribution in [-0.4, -0.2) is 21.9 Å². The molecule has 1 heterocycles. The Morgan fingerprint density at radius 2 is 2.33 bits per heavy atom. The van der Waals surface area contributed by atoms with Crippen LogP contribution in [0.15, 0.2) is 36.9 Å². The first-order chi connectivity index (χ1) is 10.2. The van der Waals surface area contributed by atoms with Gasteiger partial charge in [0.15, 0.2) is 10.1 Å². The third-order valence-electron chi connectivity index (χ3n) is 2.45. The number of thiocarbonyl (C=S) groups is 1. The van der Waals surface area contributed by atoms with Crippen LogP contribution in [0.5, 0.6) is 5.75 Å². The molecule has 7 heteroatoms. The van der Waals surface area contributed by atoms with Gasteiger partial charge in [0.25, 0.3) is 0 Å². The van der Waals surface area contributed by atoms with Gasteiger partial charge in [0.1, 0.15) is 12.4 Å². The van der Waals surface area contributed by atoms with Crippen LogP contribution >= 0.6 is 23.6 Å². The number of hydrogen-bond acceptors (Lipinski definition) is 5. The molecule has 0 aliphatic rings. The summed E-state index contributed by atoms with van der Waals surface area (Å²) in [7, 11) is 0. The molecule has 1 aromatic heterocycles. The van der Waals surface area contributed by atoms with Crippen molar-refractivity contribution >= 4 is 33.8 Å². The lowest BCUT2D eigenvalue weighted by Gasteiger charge is -2.04. The van der Waals surface area contributed by atoms with Gasteiger partial charge in [0.05, 0.1) is 0 Å². The van der Waals surface area contributed by atoms with E-state index < -0.39 is 0 Å². The minimum atomic E-state index is 0.385. The summed E-state index contributed by atoms with van der Waals surface area (Å²) >= 11 is 6.51. The maximum Gasteiger partial charge on any atom is 0.211 e. The second-order valence-corrected chi connectivity index (χ2v) is 5.70. The molecule has 21 heavy (non-hydrogen) atoms. The van der Waals surface area contributed by atoms with Gasteiger partial charge >= 0.3 is 0 Å². The summed E-state index contributed by atoms with van der Waals surface area (Å²) < 4.78 is 5.67. The monoisotopic (exact) mass is 320 g/mol. The zero-order chi connectivity index (χ0) is 15.1. The Morgan fingerprint density at radius 1 is 1.48 bits per heavy atom. The van der Waals surface area contributed by atoms with Gasteiger partial charge in [-0.2, -0.15) is 0 Å². The number of nitrogens with zero attached hydrogens (tertiary/aromatic N) is 2. The molecule has 0 aliphatic carbocycles. The normalized spacial score (nSPS) is 9.95. The minimum absolute atomic E-state index is 0.385. The average Bonchev–Trinajstić information content (AvgIpc) is 2.90. The highest BCUT2D eigenvalue weighted by Crippen LogP contribution is 2.18. The van der Waals surface area contributed by atoms with Gasteiger partial charge in [-0.25, -0.2) is 0 Å². The zero-order valence-electron chi connectivity index (χ0n) is 11.6. The summed E-state index contributed by atoms with van der Waals surface area (Å²) in [6, 6.07) is 7.88. The van der Waals surface area contributed by atoms with E-state index in [9.17, 15) is 0 Å². The van der Waals surface area contributed by atoms with Crippen molar-refractivity contribution in [3.8, 4) is 5.75 Å². The molecule has 2 aromatic rings. The Hall–Kier alpha value is -1.99. The second-order valence-electron chi connectivity index (χ2n) is 4.23. The molecule has 0 bridgehead atoms. The predicted octanol–water partition coefficient (Wildman–Crippen LogP) is 2.90. The third-order valence-corrected chi connectivity index (χ3v) is 3.50. The number of ether oxygens (including phenoxy) is 1. The lowest BCUT2D eigenvalue weighted by Crippen LogP contribution is -2.28. The molecule has 110 valence electrons. The number of rotatable bonds is 6. The minimum Gasteiger partial charge on any atom is -0.486 e. The van der Waals surface area contributed by atoms with Crippen molar-refractivity contribution < 1.29 is 4.74 Å². The highest BCUT2D eigenvalue weighted by molar-refractivity contribution is 7.80. The van der Waals surface area contributed by atoms with Crippen molar-refractivity contribution in [2.24, 2.45) is 0 Å². The van der Waals surface area contributed by atoms with E-state index in [1.54, 1.807) is 6.08 Å². The molecule has 0 radical (unpaired) electrons. The number of aromatic nitrogens is 2. The van der Waals surface area contributed by atoms with Crippen LogP contribution in [0, 0.1) is 6.92 Å². The molecule has 5 nitrogen and oxygen atoms in total. The zero-order valence-corrected chi connectivity index (χ0v) is 13.3. The fourth-order valence-corrected chi connectivity index (χ4v) is 2.42. The SMILES string of the molecule is C=CCNC(=S)Nc1nnc(COc2cccc(C)c2)s1. The molecule has 0 aliphatic heterocycles. The average molecular weight is 320 g/mol.